The number of hydrogen-bond acceptors (Lipinski definition) is 4. The van der Waals surface area contributed by atoms with E-state index in [1.165, 1.54) is 4.90 Å². The second kappa shape index (κ2) is 4.76. The molecule has 2 aliphatic carbocycles. The third-order valence-corrected chi connectivity index (χ3v) is 5.52. The molecule has 3 aliphatic rings. The first kappa shape index (κ1) is 14.6. The van der Waals surface area contributed by atoms with Crippen LogP contribution in [-0.2, 0) is 19.1 Å². The first-order valence-electron chi connectivity index (χ1n) is 7.78. The van der Waals surface area contributed by atoms with Gasteiger partial charge in [0, 0.05) is 26.1 Å². The maximum Gasteiger partial charge on any atom is 0.241 e. The third-order valence-electron chi connectivity index (χ3n) is 5.52. The summed E-state index contributed by atoms with van der Waals surface area (Å²) < 4.78 is 11.2. The molecule has 1 heterocycles. The molecule has 0 radical (unpaired) electrons. The van der Waals surface area contributed by atoms with Crippen molar-refractivity contribution in [2.45, 2.75) is 12.7 Å². The van der Waals surface area contributed by atoms with Crippen LogP contribution in [0.2, 0.25) is 0 Å². The number of methoxy groups -OCH3 is 2. The third kappa shape index (κ3) is 1.69. The Morgan fingerprint density at radius 1 is 1.04 bits per heavy atom. The van der Waals surface area contributed by atoms with Gasteiger partial charge in [-0.1, -0.05) is 29.8 Å². The maximum atomic E-state index is 13.0. The van der Waals surface area contributed by atoms with Crippen LogP contribution < -0.4 is 4.90 Å². The molecule has 1 saturated heterocycles. The summed E-state index contributed by atoms with van der Waals surface area (Å²) in [4.78, 5) is 27.1. The Labute approximate surface area is 134 Å². The van der Waals surface area contributed by atoms with Gasteiger partial charge in [0.25, 0.3) is 0 Å². The lowest BCUT2D eigenvalue weighted by atomic mass is 9.83. The normalized spacial score (nSPS) is 34.0. The first-order chi connectivity index (χ1) is 11.1. The van der Waals surface area contributed by atoms with E-state index in [0.717, 1.165) is 5.57 Å². The van der Waals surface area contributed by atoms with Crippen LogP contribution in [0.3, 0.4) is 0 Å². The number of carbonyl (C=O) groups is 2. The van der Waals surface area contributed by atoms with Crippen LogP contribution in [0.1, 0.15) is 6.92 Å². The van der Waals surface area contributed by atoms with Crippen molar-refractivity contribution in [1.29, 1.82) is 0 Å². The summed E-state index contributed by atoms with van der Waals surface area (Å²) in [7, 11) is 3.20. The molecule has 5 nitrogen and oxygen atoms in total. The average molecular weight is 313 g/mol. The van der Waals surface area contributed by atoms with Gasteiger partial charge in [0.15, 0.2) is 5.79 Å². The van der Waals surface area contributed by atoms with Crippen LogP contribution in [0, 0.1) is 23.7 Å². The lowest BCUT2D eigenvalue weighted by molar-refractivity contribution is -0.153. The highest BCUT2D eigenvalue weighted by Gasteiger charge is 2.76. The topological polar surface area (TPSA) is 55.8 Å². The molecule has 2 fully saturated rings. The molecule has 0 unspecified atom stereocenters. The van der Waals surface area contributed by atoms with Gasteiger partial charge in [-0.2, -0.15) is 0 Å². The second-order valence-corrected chi connectivity index (χ2v) is 6.44. The number of nitrogens with zero attached hydrogens (tertiary/aromatic N) is 1. The van der Waals surface area contributed by atoms with E-state index >= 15 is 0 Å². The Bertz CT molecular complexity index is 707. The molecule has 0 N–H and O–H groups in total. The highest BCUT2D eigenvalue weighted by molar-refractivity contribution is 6.23. The highest BCUT2D eigenvalue weighted by Crippen LogP contribution is 2.66. The van der Waals surface area contributed by atoms with Gasteiger partial charge in [0.05, 0.1) is 17.5 Å². The summed E-state index contributed by atoms with van der Waals surface area (Å²) in [5.74, 6) is -1.96. The van der Waals surface area contributed by atoms with E-state index in [1.54, 1.807) is 26.4 Å². The standard InChI is InChI=1S/C18H19NO4/c1-10-9-12-13(15-14(10)18(15,22-2)23-3)17(21)19(16(12)20)11-7-5-4-6-8-11/h4-9,12-15H,1-3H3/t12-,13-,14-,15+/m1/s1. The number of ether oxygens (including phenoxy) is 2. The van der Waals surface area contributed by atoms with Gasteiger partial charge in [-0.3, -0.25) is 9.59 Å². The van der Waals surface area contributed by atoms with Crippen molar-refractivity contribution in [3.05, 3.63) is 42.0 Å². The van der Waals surface area contributed by atoms with Crippen molar-refractivity contribution in [2.75, 3.05) is 19.1 Å². The van der Waals surface area contributed by atoms with Crippen LogP contribution in [0.5, 0.6) is 0 Å². The summed E-state index contributed by atoms with van der Waals surface area (Å²) in [6.45, 7) is 1.98. The maximum absolute atomic E-state index is 13.0. The monoisotopic (exact) mass is 313 g/mol. The number of amides is 2. The zero-order valence-corrected chi connectivity index (χ0v) is 13.4. The lowest BCUT2D eigenvalue weighted by Gasteiger charge is -2.18. The molecule has 2 amide bonds. The summed E-state index contributed by atoms with van der Waals surface area (Å²) >= 11 is 0. The molecule has 0 aromatic heterocycles. The molecule has 4 atom stereocenters. The van der Waals surface area contributed by atoms with E-state index in [4.69, 9.17) is 9.47 Å². The van der Waals surface area contributed by atoms with Gasteiger partial charge in [-0.15, -0.1) is 0 Å². The smallest absolute Gasteiger partial charge is 0.241 e. The minimum absolute atomic E-state index is 0.0474. The molecule has 1 aromatic rings. The van der Waals surface area contributed by atoms with Gasteiger partial charge in [-0.25, -0.2) is 4.90 Å². The fraction of sp³-hybridized carbons (Fsp3) is 0.444. The van der Waals surface area contributed by atoms with Crippen molar-refractivity contribution in [3.8, 4) is 0 Å². The molecule has 23 heavy (non-hydrogen) atoms. The number of fused-ring (bicyclic) bond motifs is 3. The SMILES string of the molecule is COC1(OC)[C@H]2[C@@H]3C(=O)N(c4ccccc4)C(=O)[C@@H]3C=C(C)[C@H]21. The Morgan fingerprint density at radius 3 is 2.30 bits per heavy atom. The predicted molar refractivity (Wildman–Crippen MR) is 83.4 cm³/mol. The van der Waals surface area contributed by atoms with Gasteiger partial charge in [0.2, 0.25) is 11.8 Å². The number of rotatable bonds is 3. The summed E-state index contributed by atoms with van der Waals surface area (Å²) in [5, 5.41) is 0. The van der Waals surface area contributed by atoms with E-state index in [-0.39, 0.29) is 23.7 Å². The summed E-state index contributed by atoms with van der Waals surface area (Å²) in [5.41, 5.74) is 1.69. The van der Waals surface area contributed by atoms with Gasteiger partial charge >= 0.3 is 0 Å². The van der Waals surface area contributed by atoms with E-state index in [0.29, 0.717) is 5.69 Å². The molecule has 1 aromatic carbocycles. The van der Waals surface area contributed by atoms with Crippen LogP contribution >= 0.6 is 0 Å². The van der Waals surface area contributed by atoms with E-state index in [2.05, 4.69) is 0 Å². The highest BCUT2D eigenvalue weighted by atomic mass is 16.7. The second-order valence-electron chi connectivity index (χ2n) is 6.44. The van der Waals surface area contributed by atoms with Crippen molar-refractivity contribution < 1.29 is 19.1 Å². The number of benzene rings is 1. The molecule has 120 valence electrons. The summed E-state index contributed by atoms with van der Waals surface area (Å²) in [6, 6.07) is 9.09. The van der Waals surface area contributed by atoms with Gasteiger partial charge in [-0.05, 0) is 19.1 Å². The van der Waals surface area contributed by atoms with Crippen LogP contribution in [0.15, 0.2) is 42.0 Å². The van der Waals surface area contributed by atoms with Gasteiger partial charge < -0.3 is 9.47 Å². The number of anilines is 1. The molecule has 5 heteroatoms. The van der Waals surface area contributed by atoms with Crippen LogP contribution in [0.4, 0.5) is 5.69 Å². The van der Waals surface area contributed by atoms with Crippen LogP contribution in [-0.4, -0.2) is 31.8 Å². The van der Waals surface area contributed by atoms with E-state index < -0.39 is 17.6 Å². The number of imide groups is 1. The fourth-order valence-corrected chi connectivity index (χ4v) is 4.52. The Kier molecular flexibility index (Phi) is 3.02. The molecule has 1 saturated carbocycles. The van der Waals surface area contributed by atoms with Crippen molar-refractivity contribution in [2.24, 2.45) is 23.7 Å². The summed E-state index contributed by atoms with van der Waals surface area (Å²) in [6.07, 6.45) is 1.93. The minimum Gasteiger partial charge on any atom is -0.352 e. The molecule has 1 aliphatic heterocycles. The molecule has 0 spiro atoms. The van der Waals surface area contributed by atoms with Crippen LogP contribution in [0.25, 0.3) is 0 Å². The first-order valence-corrected chi connectivity index (χ1v) is 7.78. The zero-order chi connectivity index (χ0) is 16.4. The number of carbonyl (C=O) groups excluding carboxylic acids is 2. The quantitative estimate of drug-likeness (QED) is 0.486. The molecule has 4 rings (SSSR count). The molecule has 0 bridgehead atoms. The Morgan fingerprint density at radius 2 is 1.70 bits per heavy atom. The van der Waals surface area contributed by atoms with E-state index in [9.17, 15) is 9.59 Å². The van der Waals surface area contributed by atoms with Crippen molar-refractivity contribution in [1.82, 2.24) is 0 Å². The van der Waals surface area contributed by atoms with E-state index in [1.807, 2.05) is 31.2 Å². The Hall–Kier alpha value is -1.98. The number of para-hydroxylation sites is 1. The van der Waals surface area contributed by atoms with Gasteiger partial charge in [0.1, 0.15) is 0 Å². The number of hydrogen-bond donors (Lipinski definition) is 0. The fourth-order valence-electron chi connectivity index (χ4n) is 4.52. The largest absolute Gasteiger partial charge is 0.352 e. The zero-order valence-electron chi connectivity index (χ0n) is 13.4. The van der Waals surface area contributed by atoms with Crippen molar-refractivity contribution >= 4 is 17.5 Å². The predicted octanol–water partition coefficient (Wildman–Crippen LogP) is 1.99. The minimum atomic E-state index is -0.775. The molecular weight excluding hydrogens is 294 g/mol. The average Bonchev–Trinajstić information content (AvgIpc) is 3.18. The lowest BCUT2D eigenvalue weighted by Crippen LogP contribution is -2.32. The molecular formula is C18H19NO4. The van der Waals surface area contributed by atoms with Crippen molar-refractivity contribution in [3.63, 3.8) is 0 Å². The Balaban J connectivity index is 1.76.